The van der Waals surface area contributed by atoms with Crippen molar-refractivity contribution in [3.63, 3.8) is 0 Å². The highest BCUT2D eigenvalue weighted by molar-refractivity contribution is 5.94. The van der Waals surface area contributed by atoms with Crippen LogP contribution in [0.3, 0.4) is 0 Å². The Morgan fingerprint density at radius 1 is 1.35 bits per heavy atom. The van der Waals surface area contributed by atoms with E-state index < -0.39 is 0 Å². The maximum absolute atomic E-state index is 11.4. The highest BCUT2D eigenvalue weighted by atomic mass is 16.5. The number of nitrogens with one attached hydrogen (secondary N) is 2. The van der Waals surface area contributed by atoms with Gasteiger partial charge in [0.2, 0.25) is 0 Å². The largest absolute Gasteiger partial charge is 0.494 e. The van der Waals surface area contributed by atoms with Crippen LogP contribution in [0.4, 0.5) is 0 Å². The quantitative estimate of drug-likeness (QED) is 0.861. The summed E-state index contributed by atoms with van der Waals surface area (Å²) in [5, 5.41) is 6.21. The summed E-state index contributed by atoms with van der Waals surface area (Å²) in [6.07, 6.45) is 3.84. The third-order valence-corrected chi connectivity index (χ3v) is 4.68. The molecule has 4 heteroatoms. The zero-order valence-electron chi connectivity index (χ0n) is 11.9. The first-order valence-electron chi connectivity index (χ1n) is 7.46. The molecule has 1 amide bonds. The van der Waals surface area contributed by atoms with E-state index in [-0.39, 0.29) is 5.91 Å². The van der Waals surface area contributed by atoms with Crippen molar-refractivity contribution < 1.29 is 9.53 Å². The van der Waals surface area contributed by atoms with Crippen molar-refractivity contribution in [2.24, 2.45) is 11.8 Å². The van der Waals surface area contributed by atoms with Crippen molar-refractivity contribution in [1.82, 2.24) is 10.6 Å². The van der Waals surface area contributed by atoms with E-state index in [1.807, 2.05) is 12.1 Å². The van der Waals surface area contributed by atoms with Crippen LogP contribution >= 0.6 is 0 Å². The van der Waals surface area contributed by atoms with E-state index in [2.05, 4.69) is 10.6 Å². The van der Waals surface area contributed by atoms with Gasteiger partial charge < -0.3 is 15.4 Å². The van der Waals surface area contributed by atoms with Gasteiger partial charge in [0.25, 0.3) is 5.91 Å². The summed E-state index contributed by atoms with van der Waals surface area (Å²) in [6.45, 7) is 1.93. The standard InChI is InChI=1S/C16H22N2O2/c1-17-16(19)11-2-5-13(6-3-11)20-9-8-15-14-7-4-12(14)10-18-15/h2-3,5-6,12,14-15,18H,4,7-10H2,1H3,(H,17,19)/t12-,14-,15?/m1/s1. The van der Waals surface area contributed by atoms with Gasteiger partial charge in [0, 0.05) is 18.7 Å². The molecular formula is C16H22N2O2. The highest BCUT2D eigenvalue weighted by Gasteiger charge is 2.41. The Balaban J connectivity index is 1.45. The number of hydrogen-bond donors (Lipinski definition) is 2. The third-order valence-electron chi connectivity index (χ3n) is 4.68. The summed E-state index contributed by atoms with van der Waals surface area (Å²) < 4.78 is 5.77. The Morgan fingerprint density at radius 3 is 2.75 bits per heavy atom. The van der Waals surface area contributed by atoms with Crippen LogP contribution in [0.25, 0.3) is 0 Å². The van der Waals surface area contributed by atoms with Gasteiger partial charge in [-0.15, -0.1) is 0 Å². The van der Waals surface area contributed by atoms with Gasteiger partial charge in [0.1, 0.15) is 5.75 Å². The lowest BCUT2D eigenvalue weighted by Gasteiger charge is -2.32. The zero-order valence-corrected chi connectivity index (χ0v) is 11.9. The molecule has 1 aliphatic carbocycles. The molecule has 0 bridgehead atoms. The van der Waals surface area contributed by atoms with Crippen LogP contribution in [0, 0.1) is 11.8 Å². The molecule has 0 aromatic heterocycles. The summed E-state index contributed by atoms with van der Waals surface area (Å²) in [6, 6.07) is 7.95. The molecule has 2 N–H and O–H groups in total. The number of ether oxygens (including phenoxy) is 1. The van der Waals surface area contributed by atoms with Gasteiger partial charge in [0.05, 0.1) is 6.61 Å². The van der Waals surface area contributed by atoms with Gasteiger partial charge in [-0.1, -0.05) is 0 Å². The van der Waals surface area contributed by atoms with Gasteiger partial charge in [-0.3, -0.25) is 4.79 Å². The predicted molar refractivity (Wildman–Crippen MR) is 77.9 cm³/mol. The van der Waals surface area contributed by atoms with E-state index in [0.29, 0.717) is 11.6 Å². The van der Waals surface area contributed by atoms with E-state index in [1.54, 1.807) is 19.2 Å². The minimum atomic E-state index is -0.0669. The van der Waals surface area contributed by atoms with E-state index >= 15 is 0 Å². The van der Waals surface area contributed by atoms with Crippen molar-refractivity contribution in [3.8, 4) is 5.75 Å². The first-order valence-corrected chi connectivity index (χ1v) is 7.46. The molecule has 1 saturated heterocycles. The van der Waals surface area contributed by atoms with Gasteiger partial charge in [-0.2, -0.15) is 0 Å². The second kappa shape index (κ2) is 5.83. The molecule has 1 aromatic carbocycles. The Labute approximate surface area is 119 Å². The maximum Gasteiger partial charge on any atom is 0.251 e. The van der Waals surface area contributed by atoms with E-state index in [4.69, 9.17) is 4.74 Å². The van der Waals surface area contributed by atoms with E-state index in [1.165, 1.54) is 19.4 Å². The van der Waals surface area contributed by atoms with Gasteiger partial charge in [-0.05, 0) is 61.9 Å². The van der Waals surface area contributed by atoms with Gasteiger partial charge in [-0.25, -0.2) is 0 Å². The molecule has 0 radical (unpaired) electrons. The number of amides is 1. The fraction of sp³-hybridized carbons (Fsp3) is 0.562. The summed E-state index contributed by atoms with van der Waals surface area (Å²) in [5.41, 5.74) is 0.662. The SMILES string of the molecule is CNC(=O)c1ccc(OCCC2NC[C@H]3CC[C@@H]23)cc1. The fourth-order valence-electron chi connectivity index (χ4n) is 3.30. The molecule has 0 spiro atoms. The molecule has 2 aliphatic rings. The Morgan fingerprint density at radius 2 is 2.15 bits per heavy atom. The summed E-state index contributed by atoms with van der Waals surface area (Å²) in [5.74, 6) is 2.57. The lowest BCUT2D eigenvalue weighted by molar-refractivity contribution is 0.0963. The fourth-order valence-corrected chi connectivity index (χ4v) is 3.30. The Bertz CT molecular complexity index is 472. The van der Waals surface area contributed by atoms with Crippen LogP contribution in [0.15, 0.2) is 24.3 Å². The molecular weight excluding hydrogens is 252 g/mol. The molecule has 20 heavy (non-hydrogen) atoms. The zero-order chi connectivity index (χ0) is 13.9. The molecule has 1 heterocycles. The summed E-state index contributed by atoms with van der Waals surface area (Å²) >= 11 is 0. The maximum atomic E-state index is 11.4. The lowest BCUT2D eigenvalue weighted by atomic mass is 9.72. The van der Waals surface area contributed by atoms with Crippen LogP contribution in [0.1, 0.15) is 29.6 Å². The summed E-state index contributed by atoms with van der Waals surface area (Å²) in [7, 11) is 1.63. The monoisotopic (exact) mass is 274 g/mol. The number of hydrogen-bond acceptors (Lipinski definition) is 3. The first kappa shape index (κ1) is 13.4. The van der Waals surface area contributed by atoms with Crippen LogP contribution in [-0.4, -0.2) is 32.1 Å². The molecule has 3 atom stereocenters. The molecule has 4 nitrogen and oxygen atoms in total. The van der Waals surface area contributed by atoms with Crippen molar-refractivity contribution in [1.29, 1.82) is 0 Å². The minimum Gasteiger partial charge on any atom is -0.494 e. The van der Waals surface area contributed by atoms with Crippen LogP contribution in [-0.2, 0) is 0 Å². The number of fused-ring (bicyclic) bond motifs is 1. The second-order valence-corrected chi connectivity index (χ2v) is 5.76. The predicted octanol–water partition coefficient (Wildman–Crippen LogP) is 1.81. The highest BCUT2D eigenvalue weighted by Crippen LogP contribution is 2.41. The minimum absolute atomic E-state index is 0.0669. The van der Waals surface area contributed by atoms with Gasteiger partial charge >= 0.3 is 0 Å². The van der Waals surface area contributed by atoms with Crippen molar-refractivity contribution in [2.75, 3.05) is 20.2 Å². The second-order valence-electron chi connectivity index (χ2n) is 5.76. The number of rotatable bonds is 5. The molecule has 3 rings (SSSR count). The molecule has 108 valence electrons. The number of carbonyl (C=O) groups is 1. The lowest BCUT2D eigenvalue weighted by Crippen LogP contribution is -2.32. The van der Waals surface area contributed by atoms with Crippen LogP contribution in [0.2, 0.25) is 0 Å². The summed E-state index contributed by atoms with van der Waals surface area (Å²) in [4.78, 5) is 11.4. The molecule has 1 saturated carbocycles. The number of carbonyl (C=O) groups excluding carboxylic acids is 1. The van der Waals surface area contributed by atoms with Crippen molar-refractivity contribution >= 4 is 5.91 Å². The Hall–Kier alpha value is -1.55. The van der Waals surface area contributed by atoms with E-state index in [9.17, 15) is 4.79 Å². The Kier molecular flexibility index (Phi) is 3.92. The van der Waals surface area contributed by atoms with E-state index in [0.717, 1.165) is 30.6 Å². The van der Waals surface area contributed by atoms with Gasteiger partial charge in [0.15, 0.2) is 0 Å². The molecule has 2 fully saturated rings. The smallest absolute Gasteiger partial charge is 0.251 e. The average Bonchev–Trinajstić information content (AvgIpc) is 2.72. The van der Waals surface area contributed by atoms with Crippen LogP contribution in [0.5, 0.6) is 5.75 Å². The normalized spacial score (nSPS) is 27.6. The first-order chi connectivity index (χ1) is 9.78. The van der Waals surface area contributed by atoms with Crippen LogP contribution < -0.4 is 15.4 Å². The molecule has 1 aromatic rings. The van der Waals surface area contributed by atoms with Crippen molar-refractivity contribution in [3.05, 3.63) is 29.8 Å². The third kappa shape index (κ3) is 2.66. The topological polar surface area (TPSA) is 50.4 Å². The molecule has 1 unspecified atom stereocenters. The van der Waals surface area contributed by atoms with Crippen molar-refractivity contribution in [2.45, 2.75) is 25.3 Å². The number of benzene rings is 1. The molecule has 1 aliphatic heterocycles. The average molecular weight is 274 g/mol.